The number of hydrogen-bond acceptors (Lipinski definition) is 1. The van der Waals surface area contributed by atoms with Gasteiger partial charge in [0, 0.05) is 13.9 Å². The van der Waals surface area contributed by atoms with Crippen molar-refractivity contribution in [2.75, 3.05) is 0 Å². The molecule has 0 fully saturated rings. The van der Waals surface area contributed by atoms with Gasteiger partial charge < -0.3 is 0 Å². The molecule has 1 radical (unpaired) electrons. The van der Waals surface area contributed by atoms with Crippen molar-refractivity contribution in [1.29, 1.82) is 0 Å². The molecule has 1 aromatic carbocycles. The molecule has 75 valence electrons. The summed E-state index contributed by atoms with van der Waals surface area (Å²) in [6.45, 7) is 9.59. The predicted octanol–water partition coefficient (Wildman–Crippen LogP) is 2.25. The van der Waals surface area contributed by atoms with Gasteiger partial charge in [-0.25, -0.2) is 0 Å². The maximum Gasteiger partial charge on any atom is 0.150 e. The molecule has 0 aliphatic heterocycles. The zero-order chi connectivity index (χ0) is 10.8. The summed E-state index contributed by atoms with van der Waals surface area (Å²) in [6, 6.07) is 8.13. The van der Waals surface area contributed by atoms with Gasteiger partial charge in [-0.3, -0.25) is 4.79 Å². The average molecular weight is 221 g/mol. The smallest absolute Gasteiger partial charge is 0.150 e. The van der Waals surface area contributed by atoms with E-state index < -0.39 is 7.59 Å². The van der Waals surface area contributed by atoms with E-state index in [1.165, 1.54) is 5.19 Å². The summed E-state index contributed by atoms with van der Waals surface area (Å²) < 4.78 is 0. The topological polar surface area (TPSA) is 17.1 Å². The highest BCUT2D eigenvalue weighted by molar-refractivity contribution is 7.37. The van der Waals surface area contributed by atoms with E-state index in [2.05, 4.69) is 38.3 Å². The fourth-order valence-corrected chi connectivity index (χ4v) is 5.08. The third-order valence-electron chi connectivity index (χ3n) is 3.02. The maximum atomic E-state index is 10.5. The Morgan fingerprint density at radius 2 is 1.64 bits per heavy atom. The van der Waals surface area contributed by atoms with Crippen molar-refractivity contribution in [1.82, 2.24) is 0 Å². The molecule has 1 rings (SSSR count). The van der Waals surface area contributed by atoms with Crippen molar-refractivity contribution in [3.05, 3.63) is 29.8 Å². The van der Waals surface area contributed by atoms with Gasteiger partial charge in [-0.15, -0.1) is 0 Å². The van der Waals surface area contributed by atoms with E-state index in [1.807, 2.05) is 12.1 Å². The second-order valence-corrected chi connectivity index (χ2v) is 16.9. The number of benzene rings is 1. The van der Waals surface area contributed by atoms with E-state index in [0.717, 1.165) is 11.8 Å². The third kappa shape index (κ3) is 2.22. The lowest BCUT2D eigenvalue weighted by atomic mass is 10.2. The molecule has 0 heterocycles. The highest BCUT2D eigenvalue weighted by atomic mass is 29.2. The van der Waals surface area contributed by atoms with Gasteiger partial charge in [-0.05, 0) is 0 Å². The predicted molar refractivity (Wildman–Crippen MR) is 66.4 cm³/mol. The minimum atomic E-state index is -1.21. The first kappa shape index (κ1) is 11.4. The molecule has 0 aromatic heterocycles. The molecular weight excluding hydrogens is 204 g/mol. The van der Waals surface area contributed by atoms with Crippen LogP contribution in [-0.4, -0.2) is 22.2 Å². The van der Waals surface area contributed by atoms with Gasteiger partial charge in [0.2, 0.25) is 0 Å². The zero-order valence-electron chi connectivity index (χ0n) is 9.29. The molecule has 0 saturated carbocycles. The molecule has 0 saturated heterocycles. The minimum Gasteiger partial charge on any atom is -0.298 e. The van der Waals surface area contributed by atoms with Crippen molar-refractivity contribution in [3.63, 3.8) is 0 Å². The number of aldehydes is 1. The molecule has 0 aliphatic carbocycles. The molecule has 0 aliphatic rings. The molecule has 1 aromatic rings. The van der Waals surface area contributed by atoms with Crippen molar-refractivity contribution in [2.45, 2.75) is 26.2 Å². The Labute approximate surface area is 88.6 Å². The number of carbonyl (C=O) groups excluding carboxylic acids is 1. The van der Waals surface area contributed by atoms with Crippen molar-refractivity contribution >= 4 is 27.4 Å². The number of rotatable bonds is 3. The molecule has 0 N–H and O–H groups in total. The van der Waals surface area contributed by atoms with E-state index in [0.29, 0.717) is 0 Å². The lowest BCUT2D eigenvalue weighted by molar-refractivity contribution is 0.112. The first-order valence-electron chi connectivity index (χ1n) is 4.85. The van der Waals surface area contributed by atoms with Crippen LogP contribution in [0.2, 0.25) is 26.2 Å². The van der Waals surface area contributed by atoms with Gasteiger partial charge in [0.05, 0.1) is 7.59 Å². The third-order valence-corrected chi connectivity index (χ3v) is 15.7. The molecule has 0 atom stereocenters. The summed E-state index contributed by atoms with van der Waals surface area (Å²) in [7, 11) is -1.44. The van der Waals surface area contributed by atoms with E-state index in [4.69, 9.17) is 0 Å². The molecule has 0 amide bonds. The van der Waals surface area contributed by atoms with E-state index in [-0.39, 0.29) is 8.31 Å². The van der Waals surface area contributed by atoms with Crippen LogP contribution in [-0.2, 0) is 0 Å². The summed E-state index contributed by atoms with van der Waals surface area (Å²) in [5, 5.41) is 1.47. The van der Waals surface area contributed by atoms with Gasteiger partial charge >= 0.3 is 0 Å². The van der Waals surface area contributed by atoms with Crippen LogP contribution in [0.25, 0.3) is 0 Å². The van der Waals surface area contributed by atoms with Crippen LogP contribution in [0.5, 0.6) is 0 Å². The highest BCUT2D eigenvalue weighted by Gasteiger charge is 2.27. The first-order valence-corrected chi connectivity index (χ1v) is 11.3. The molecule has 14 heavy (non-hydrogen) atoms. The number of hydrogen-bond donors (Lipinski definition) is 0. The molecular formula is C11H17OSi2. The Morgan fingerprint density at radius 3 is 2.00 bits per heavy atom. The second-order valence-electron chi connectivity index (χ2n) is 4.36. The summed E-state index contributed by atoms with van der Waals surface area (Å²) in [5.41, 5.74) is 0.777. The first-order chi connectivity index (χ1) is 6.48. The van der Waals surface area contributed by atoms with Gasteiger partial charge in [0.1, 0.15) is 6.29 Å². The molecule has 0 unspecified atom stereocenters. The molecule has 3 heteroatoms. The number of carbonyl (C=O) groups is 1. The van der Waals surface area contributed by atoms with Crippen LogP contribution in [0.3, 0.4) is 0 Å². The van der Waals surface area contributed by atoms with Crippen LogP contribution in [0.1, 0.15) is 10.4 Å². The largest absolute Gasteiger partial charge is 0.298 e. The lowest BCUT2D eigenvalue weighted by Crippen LogP contribution is -2.52. The molecule has 0 bridgehead atoms. The fraction of sp³-hybridized carbons (Fsp3) is 0.364. The van der Waals surface area contributed by atoms with Crippen molar-refractivity contribution in [2.24, 2.45) is 0 Å². The Balaban J connectivity index is 3.02. The normalized spacial score (nSPS) is 11.8. The molecule has 1 nitrogen and oxygen atoms in total. The maximum absolute atomic E-state index is 10.5. The van der Waals surface area contributed by atoms with Crippen molar-refractivity contribution in [3.8, 4) is 0 Å². The highest BCUT2D eigenvalue weighted by Crippen LogP contribution is 2.08. The van der Waals surface area contributed by atoms with E-state index in [1.54, 1.807) is 0 Å². The van der Waals surface area contributed by atoms with Crippen LogP contribution in [0, 0.1) is 0 Å². The summed E-state index contributed by atoms with van der Waals surface area (Å²) in [6.07, 6.45) is 0.905. The standard InChI is InChI=1S/C11H17OSi2/c1-13(2)14(3,4)11-7-5-10(9-12)6-8-11/h5-9H,1-4H3. The monoisotopic (exact) mass is 221 g/mol. The van der Waals surface area contributed by atoms with Gasteiger partial charge in [0.25, 0.3) is 0 Å². The van der Waals surface area contributed by atoms with Crippen molar-refractivity contribution < 1.29 is 4.79 Å². The van der Waals surface area contributed by atoms with E-state index >= 15 is 0 Å². The second kappa shape index (κ2) is 4.23. The van der Waals surface area contributed by atoms with Gasteiger partial charge in [-0.2, -0.15) is 0 Å². The molecule has 0 spiro atoms. The minimum absolute atomic E-state index is 0.232. The zero-order valence-corrected chi connectivity index (χ0v) is 11.3. The van der Waals surface area contributed by atoms with Crippen LogP contribution in [0.15, 0.2) is 24.3 Å². The van der Waals surface area contributed by atoms with E-state index in [9.17, 15) is 4.79 Å². The van der Waals surface area contributed by atoms with Gasteiger partial charge in [-0.1, -0.05) is 55.6 Å². The summed E-state index contributed by atoms with van der Waals surface area (Å²) >= 11 is 0. The Morgan fingerprint density at radius 1 is 1.14 bits per heavy atom. The van der Waals surface area contributed by atoms with Crippen LogP contribution >= 0.6 is 0 Å². The average Bonchev–Trinajstić information content (AvgIpc) is 2.17. The summed E-state index contributed by atoms with van der Waals surface area (Å²) in [4.78, 5) is 10.5. The Hall–Kier alpha value is -0.676. The fourth-order valence-electron chi connectivity index (χ4n) is 1.27. The Bertz CT molecular complexity index is 315. The summed E-state index contributed by atoms with van der Waals surface area (Å²) in [5.74, 6) is 0. The van der Waals surface area contributed by atoms with Gasteiger partial charge in [0.15, 0.2) is 0 Å². The lowest BCUT2D eigenvalue weighted by Gasteiger charge is -2.26. The quantitative estimate of drug-likeness (QED) is 0.565. The van der Waals surface area contributed by atoms with Crippen LogP contribution in [0.4, 0.5) is 0 Å². The van der Waals surface area contributed by atoms with Crippen LogP contribution < -0.4 is 5.19 Å². The Kier molecular flexibility index (Phi) is 3.45. The SMILES string of the molecule is C[Si](C)[Si](C)(C)c1ccc(C=O)cc1.